The molecule has 138 valence electrons. The SMILES string of the molecule is CCCCC1CC[CH-]CC1.[CH2-]CC(CCO)CCCC.[Cl][Zr+2][Cl]. The molecule has 1 aliphatic carbocycles. The van der Waals surface area contributed by atoms with E-state index in [4.69, 9.17) is 22.1 Å². The van der Waals surface area contributed by atoms with Crippen LogP contribution in [0.25, 0.3) is 0 Å². The molecule has 4 heteroatoms. The molecule has 0 aliphatic heterocycles. The Balaban J connectivity index is 0. The van der Waals surface area contributed by atoms with Gasteiger partial charge < -0.3 is 18.5 Å². The zero-order valence-corrected chi connectivity index (χ0v) is 19.3. The van der Waals surface area contributed by atoms with E-state index in [0.29, 0.717) is 12.5 Å². The molecular formula is C19H38Cl2OZr. The first kappa shape index (κ1) is 26.7. The molecule has 0 radical (unpaired) electrons. The third-order valence-corrected chi connectivity index (χ3v) is 4.44. The van der Waals surface area contributed by atoms with E-state index in [1.54, 1.807) is 0 Å². The van der Waals surface area contributed by atoms with Crippen LogP contribution in [0.15, 0.2) is 0 Å². The summed E-state index contributed by atoms with van der Waals surface area (Å²) in [7, 11) is 9.87. The van der Waals surface area contributed by atoms with Gasteiger partial charge in [-0.2, -0.15) is 19.3 Å². The molecule has 0 amide bonds. The van der Waals surface area contributed by atoms with Crippen molar-refractivity contribution in [3.63, 3.8) is 0 Å². The first-order chi connectivity index (χ1) is 11.2. The van der Waals surface area contributed by atoms with Crippen molar-refractivity contribution in [2.75, 3.05) is 6.61 Å². The van der Waals surface area contributed by atoms with Crippen LogP contribution in [0.4, 0.5) is 0 Å². The maximum atomic E-state index is 8.64. The molecule has 1 aliphatic rings. The molecule has 1 rings (SSSR count). The number of aliphatic hydroxyl groups excluding tert-OH is 1. The molecule has 0 aromatic rings. The Labute approximate surface area is 165 Å². The predicted octanol–water partition coefficient (Wildman–Crippen LogP) is 7.35. The standard InChI is InChI=1S/C10H19.C9H19O.2ClH.Zr/c1-2-3-7-10-8-5-4-6-9-10;1-3-5-6-9(4-2)7-8-10;;;/h4,10H,2-3,5-9H2,1H3;9-10H,2-8H2,1H3;2*1H;/q2*-1;;;+4/p-2. The van der Waals surface area contributed by atoms with Gasteiger partial charge in [0.05, 0.1) is 0 Å². The van der Waals surface area contributed by atoms with Crippen LogP contribution < -0.4 is 0 Å². The predicted molar refractivity (Wildman–Crippen MR) is 102 cm³/mol. The third kappa shape index (κ3) is 21.4. The fraction of sp³-hybridized carbons (Fsp3) is 0.895. The second-order valence-corrected chi connectivity index (χ2v) is 10.1. The van der Waals surface area contributed by atoms with E-state index in [0.717, 1.165) is 18.8 Å². The third-order valence-electron chi connectivity index (χ3n) is 4.44. The number of hydrogen-bond acceptors (Lipinski definition) is 1. The van der Waals surface area contributed by atoms with E-state index in [1.165, 1.54) is 64.2 Å². The Morgan fingerprint density at radius 1 is 1.13 bits per heavy atom. The van der Waals surface area contributed by atoms with E-state index in [1.807, 2.05) is 0 Å². The summed E-state index contributed by atoms with van der Waals surface area (Å²) in [5, 5.41) is 8.64. The molecule has 1 atom stereocenters. The molecule has 0 aromatic heterocycles. The van der Waals surface area contributed by atoms with Crippen molar-refractivity contribution in [3.8, 4) is 0 Å². The molecule has 1 N–H and O–H groups in total. The Morgan fingerprint density at radius 3 is 2.13 bits per heavy atom. The van der Waals surface area contributed by atoms with Crippen LogP contribution in [0.5, 0.6) is 0 Å². The number of halogens is 2. The van der Waals surface area contributed by atoms with Crippen LogP contribution in [0, 0.1) is 25.2 Å². The quantitative estimate of drug-likeness (QED) is 0.369. The molecule has 1 nitrogen and oxygen atoms in total. The van der Waals surface area contributed by atoms with Gasteiger partial charge in [-0.25, -0.2) is 0 Å². The monoisotopic (exact) mass is 442 g/mol. The summed E-state index contributed by atoms with van der Waals surface area (Å²) in [5.74, 6) is 1.73. The minimum atomic E-state index is -0.826. The molecule has 23 heavy (non-hydrogen) atoms. The summed E-state index contributed by atoms with van der Waals surface area (Å²) in [6.07, 6.45) is 18.1. The molecule has 0 saturated heterocycles. The van der Waals surface area contributed by atoms with Crippen LogP contribution in [0.2, 0.25) is 0 Å². The summed E-state index contributed by atoms with van der Waals surface area (Å²) < 4.78 is 0. The van der Waals surface area contributed by atoms with Crippen LogP contribution in [-0.2, 0) is 20.8 Å². The first-order valence-corrected chi connectivity index (χ1v) is 15.7. The van der Waals surface area contributed by atoms with Gasteiger partial charge in [0, 0.05) is 6.61 Å². The van der Waals surface area contributed by atoms with Crippen molar-refractivity contribution in [1.29, 1.82) is 0 Å². The van der Waals surface area contributed by atoms with E-state index < -0.39 is 20.8 Å². The summed E-state index contributed by atoms with van der Waals surface area (Å²) in [6.45, 7) is 8.65. The van der Waals surface area contributed by atoms with Crippen LogP contribution in [-0.4, -0.2) is 11.7 Å². The summed E-state index contributed by atoms with van der Waals surface area (Å²) in [5.41, 5.74) is 0. The van der Waals surface area contributed by atoms with E-state index in [2.05, 4.69) is 27.2 Å². The zero-order chi connectivity index (χ0) is 17.8. The van der Waals surface area contributed by atoms with Crippen molar-refractivity contribution in [2.24, 2.45) is 11.8 Å². The Kier molecular flexibility index (Phi) is 27.1. The number of aliphatic hydroxyl groups is 1. The Morgan fingerprint density at radius 2 is 1.70 bits per heavy atom. The average Bonchev–Trinajstić information content (AvgIpc) is 2.59. The van der Waals surface area contributed by atoms with Crippen LogP contribution in [0.1, 0.15) is 90.9 Å². The van der Waals surface area contributed by atoms with Gasteiger partial charge in [-0.05, 0) is 12.3 Å². The van der Waals surface area contributed by atoms with Gasteiger partial charge in [-0.1, -0.05) is 71.1 Å². The fourth-order valence-electron chi connectivity index (χ4n) is 2.89. The van der Waals surface area contributed by atoms with Gasteiger partial charge in [0.15, 0.2) is 0 Å². The van der Waals surface area contributed by atoms with Gasteiger partial charge >= 0.3 is 37.9 Å². The average molecular weight is 445 g/mol. The topological polar surface area (TPSA) is 20.2 Å². The zero-order valence-electron chi connectivity index (χ0n) is 15.3. The number of hydrogen-bond donors (Lipinski definition) is 1. The summed E-state index contributed by atoms with van der Waals surface area (Å²) in [6, 6.07) is 0. The van der Waals surface area contributed by atoms with E-state index >= 15 is 0 Å². The normalized spacial score (nSPS) is 15.6. The van der Waals surface area contributed by atoms with Gasteiger partial charge in [-0.3, -0.25) is 0 Å². The van der Waals surface area contributed by atoms with Crippen molar-refractivity contribution < 1.29 is 26.0 Å². The molecule has 1 saturated carbocycles. The molecule has 0 spiro atoms. The van der Waals surface area contributed by atoms with Crippen molar-refractivity contribution in [2.45, 2.75) is 90.9 Å². The van der Waals surface area contributed by atoms with Crippen LogP contribution >= 0.6 is 17.0 Å². The Bertz CT molecular complexity index is 191. The Hall–Kier alpha value is 1.42. The summed E-state index contributed by atoms with van der Waals surface area (Å²) in [4.78, 5) is 0. The molecule has 0 bridgehead atoms. The maximum absolute atomic E-state index is 8.64. The van der Waals surface area contributed by atoms with Crippen molar-refractivity contribution >= 4 is 17.0 Å². The second kappa shape index (κ2) is 23.4. The fourth-order valence-corrected chi connectivity index (χ4v) is 2.89. The van der Waals surface area contributed by atoms with Gasteiger partial charge in [0.1, 0.15) is 0 Å². The van der Waals surface area contributed by atoms with Gasteiger partial charge in [-0.15, -0.1) is 0 Å². The van der Waals surface area contributed by atoms with Gasteiger partial charge in [0.25, 0.3) is 0 Å². The minimum absolute atomic E-state index is 0.323. The number of unbranched alkanes of at least 4 members (excludes halogenated alkanes) is 2. The molecule has 0 heterocycles. The second-order valence-electron chi connectivity index (χ2n) is 6.33. The van der Waals surface area contributed by atoms with E-state index in [9.17, 15) is 0 Å². The van der Waals surface area contributed by atoms with Crippen molar-refractivity contribution in [3.05, 3.63) is 13.3 Å². The molecule has 1 fully saturated rings. The molecule has 1 unspecified atom stereocenters. The molecule has 0 aromatic carbocycles. The van der Waals surface area contributed by atoms with E-state index in [-0.39, 0.29) is 0 Å². The summed E-state index contributed by atoms with van der Waals surface area (Å²) >= 11 is -0.826. The van der Waals surface area contributed by atoms with Crippen molar-refractivity contribution in [1.82, 2.24) is 0 Å². The van der Waals surface area contributed by atoms with Gasteiger partial charge in [0.2, 0.25) is 0 Å². The first-order valence-electron chi connectivity index (χ1n) is 9.37. The van der Waals surface area contributed by atoms with Crippen LogP contribution in [0.3, 0.4) is 0 Å². The molecular weight excluding hydrogens is 406 g/mol. The number of rotatable bonds is 9.